The number of alkyl carbamates (subject to hydrolysis) is 1. The highest BCUT2D eigenvalue weighted by Gasteiger charge is 2.26. The number of nitrogens with one attached hydrogen (secondary N) is 3. The van der Waals surface area contributed by atoms with Crippen LogP contribution in [0.1, 0.15) is 78.2 Å². The highest BCUT2D eigenvalue weighted by Crippen LogP contribution is 2.10. The molecule has 7 nitrogen and oxygen atoms in total. The summed E-state index contributed by atoms with van der Waals surface area (Å²) in [5.41, 5.74) is 0.896. The van der Waals surface area contributed by atoms with Crippen LogP contribution in [0.5, 0.6) is 0 Å². The Labute approximate surface area is 199 Å². The summed E-state index contributed by atoms with van der Waals surface area (Å²) < 4.78 is 5.27. The molecule has 0 saturated carbocycles. The second-order valence-electron chi connectivity index (χ2n) is 8.84. The molecule has 1 aromatic carbocycles. The van der Waals surface area contributed by atoms with Gasteiger partial charge in [0.25, 0.3) is 0 Å². The molecule has 3 unspecified atom stereocenters. The van der Waals surface area contributed by atoms with Crippen molar-refractivity contribution in [2.45, 2.75) is 85.3 Å². The summed E-state index contributed by atoms with van der Waals surface area (Å²) in [5.74, 6) is 0.363. The van der Waals surface area contributed by atoms with Crippen LogP contribution >= 0.6 is 0 Å². The van der Waals surface area contributed by atoms with Crippen molar-refractivity contribution >= 4 is 17.9 Å². The second kappa shape index (κ2) is 17.0. The van der Waals surface area contributed by atoms with E-state index >= 15 is 0 Å². The van der Waals surface area contributed by atoms with Crippen LogP contribution in [0.2, 0.25) is 0 Å². The summed E-state index contributed by atoms with van der Waals surface area (Å²) in [6, 6.07) is 8.81. The number of carbonyl (C=O) groups is 3. The fourth-order valence-electron chi connectivity index (χ4n) is 3.28. The average Bonchev–Trinajstić information content (AvgIpc) is 2.82. The zero-order valence-electron chi connectivity index (χ0n) is 20.8. The molecule has 0 fully saturated rings. The Balaban J connectivity index is 2.24. The van der Waals surface area contributed by atoms with Crippen LogP contribution in [-0.4, -0.2) is 37.0 Å². The minimum atomic E-state index is -0.626. The largest absolute Gasteiger partial charge is 0.445 e. The van der Waals surface area contributed by atoms with E-state index in [0.29, 0.717) is 25.4 Å². The van der Waals surface area contributed by atoms with E-state index in [2.05, 4.69) is 29.8 Å². The Bertz CT molecular complexity index is 696. The van der Waals surface area contributed by atoms with E-state index in [4.69, 9.17) is 4.74 Å². The molecule has 1 rings (SSSR count). The van der Waals surface area contributed by atoms with E-state index in [1.54, 1.807) is 0 Å². The Kier molecular flexibility index (Phi) is 14.6. The predicted molar refractivity (Wildman–Crippen MR) is 132 cm³/mol. The van der Waals surface area contributed by atoms with Gasteiger partial charge in [0.15, 0.2) is 0 Å². The molecule has 0 heterocycles. The maximum atomic E-state index is 12.6. The third-order valence-electron chi connectivity index (χ3n) is 5.94. The summed E-state index contributed by atoms with van der Waals surface area (Å²) in [4.78, 5) is 36.6. The van der Waals surface area contributed by atoms with E-state index in [-0.39, 0.29) is 24.3 Å². The van der Waals surface area contributed by atoms with E-state index in [1.807, 2.05) is 44.2 Å². The van der Waals surface area contributed by atoms with Gasteiger partial charge in [-0.15, -0.1) is 0 Å². The molecule has 0 aliphatic rings. The molecule has 0 bridgehead atoms. The normalized spacial score (nSPS) is 13.5. The lowest BCUT2D eigenvalue weighted by atomic mass is 9.98. The Hall–Kier alpha value is -2.57. The standard InChI is InChI=1S/C26H43N3O4/c1-5-20(3)18-23(30)27-16-12-7-8-13-17-28-25(31)24(21(4)6-2)29-26(32)33-19-22-14-10-9-11-15-22/h9-11,14-15,20-21,24H,5-8,12-13,16-19H2,1-4H3,(H,27,30)(H,28,31)(H,29,32). The van der Waals surface area contributed by atoms with Gasteiger partial charge in [-0.05, 0) is 30.2 Å². The SMILES string of the molecule is CCC(C)CC(=O)NCCCCCCNC(=O)C(NC(=O)OCc1ccccc1)C(C)CC. The Morgan fingerprint density at radius 2 is 1.52 bits per heavy atom. The highest BCUT2D eigenvalue weighted by atomic mass is 16.5. The third-order valence-corrected chi connectivity index (χ3v) is 5.94. The number of unbranched alkanes of at least 4 members (excludes halogenated alkanes) is 3. The summed E-state index contributed by atoms with van der Waals surface area (Å²) in [5, 5.41) is 8.63. The molecule has 3 amide bonds. The molecule has 0 radical (unpaired) electrons. The number of hydrogen-bond donors (Lipinski definition) is 3. The zero-order chi connectivity index (χ0) is 24.5. The monoisotopic (exact) mass is 461 g/mol. The third kappa shape index (κ3) is 12.9. The summed E-state index contributed by atoms with van der Waals surface area (Å²) >= 11 is 0. The molecule has 186 valence electrons. The number of rotatable bonds is 16. The number of amides is 3. The van der Waals surface area contributed by atoms with Crippen molar-refractivity contribution in [2.75, 3.05) is 13.1 Å². The van der Waals surface area contributed by atoms with E-state index in [9.17, 15) is 14.4 Å². The number of hydrogen-bond acceptors (Lipinski definition) is 4. The topological polar surface area (TPSA) is 96.5 Å². The van der Waals surface area contributed by atoms with Gasteiger partial charge >= 0.3 is 6.09 Å². The molecule has 0 spiro atoms. The molecule has 3 atom stereocenters. The van der Waals surface area contributed by atoms with Gasteiger partial charge < -0.3 is 20.7 Å². The summed E-state index contributed by atoms with van der Waals surface area (Å²) in [6.07, 6.45) is 5.55. The molecule has 0 aliphatic carbocycles. The lowest BCUT2D eigenvalue weighted by Crippen LogP contribution is -2.50. The lowest BCUT2D eigenvalue weighted by Gasteiger charge is -2.23. The van der Waals surface area contributed by atoms with Gasteiger partial charge in [0.2, 0.25) is 11.8 Å². The van der Waals surface area contributed by atoms with E-state index in [1.165, 1.54) is 0 Å². The molecular weight excluding hydrogens is 418 g/mol. The van der Waals surface area contributed by atoms with Gasteiger partial charge in [-0.25, -0.2) is 4.79 Å². The van der Waals surface area contributed by atoms with Gasteiger partial charge in [-0.2, -0.15) is 0 Å². The number of benzene rings is 1. The molecule has 1 aromatic rings. The van der Waals surface area contributed by atoms with E-state index < -0.39 is 12.1 Å². The predicted octanol–water partition coefficient (Wildman–Crippen LogP) is 4.56. The Morgan fingerprint density at radius 1 is 0.879 bits per heavy atom. The van der Waals surface area contributed by atoms with Crippen LogP contribution in [0.4, 0.5) is 4.79 Å². The fourth-order valence-corrected chi connectivity index (χ4v) is 3.28. The van der Waals surface area contributed by atoms with Crippen LogP contribution < -0.4 is 16.0 Å². The second-order valence-corrected chi connectivity index (χ2v) is 8.84. The molecule has 33 heavy (non-hydrogen) atoms. The number of ether oxygens (including phenoxy) is 1. The minimum absolute atomic E-state index is 0.00619. The maximum absolute atomic E-state index is 12.6. The Morgan fingerprint density at radius 3 is 2.12 bits per heavy atom. The molecule has 3 N–H and O–H groups in total. The van der Waals surface area contributed by atoms with Crippen LogP contribution in [0.25, 0.3) is 0 Å². The van der Waals surface area contributed by atoms with Crippen molar-refractivity contribution in [1.82, 2.24) is 16.0 Å². The quantitative estimate of drug-likeness (QED) is 0.315. The first-order valence-electron chi connectivity index (χ1n) is 12.4. The van der Waals surface area contributed by atoms with Crippen LogP contribution in [0.3, 0.4) is 0 Å². The van der Waals surface area contributed by atoms with Gasteiger partial charge in [0.05, 0.1) is 0 Å². The molecule has 0 aliphatic heterocycles. The maximum Gasteiger partial charge on any atom is 0.408 e. The van der Waals surface area contributed by atoms with Crippen molar-refractivity contribution in [3.05, 3.63) is 35.9 Å². The first-order valence-corrected chi connectivity index (χ1v) is 12.4. The molecular formula is C26H43N3O4. The summed E-state index contributed by atoms with van der Waals surface area (Å²) in [6.45, 7) is 9.54. The van der Waals surface area contributed by atoms with Gasteiger partial charge in [0, 0.05) is 19.5 Å². The fraction of sp³-hybridized carbons (Fsp3) is 0.654. The smallest absolute Gasteiger partial charge is 0.408 e. The zero-order valence-corrected chi connectivity index (χ0v) is 20.8. The average molecular weight is 462 g/mol. The van der Waals surface area contributed by atoms with Gasteiger partial charge in [0.1, 0.15) is 12.6 Å². The first-order chi connectivity index (χ1) is 15.9. The van der Waals surface area contributed by atoms with Crippen LogP contribution in [0.15, 0.2) is 30.3 Å². The van der Waals surface area contributed by atoms with Gasteiger partial charge in [-0.1, -0.05) is 83.7 Å². The van der Waals surface area contributed by atoms with E-state index in [0.717, 1.165) is 44.1 Å². The van der Waals surface area contributed by atoms with Crippen molar-refractivity contribution in [3.63, 3.8) is 0 Å². The number of carbonyl (C=O) groups excluding carboxylic acids is 3. The van der Waals surface area contributed by atoms with Crippen molar-refractivity contribution in [3.8, 4) is 0 Å². The van der Waals surface area contributed by atoms with Gasteiger partial charge in [-0.3, -0.25) is 9.59 Å². The van der Waals surface area contributed by atoms with Crippen LogP contribution in [0, 0.1) is 11.8 Å². The molecule has 0 aromatic heterocycles. The molecule has 7 heteroatoms. The highest BCUT2D eigenvalue weighted by molar-refractivity contribution is 5.85. The molecule has 0 saturated heterocycles. The van der Waals surface area contributed by atoms with Crippen molar-refractivity contribution in [2.24, 2.45) is 11.8 Å². The van der Waals surface area contributed by atoms with Crippen molar-refractivity contribution in [1.29, 1.82) is 0 Å². The van der Waals surface area contributed by atoms with Crippen molar-refractivity contribution < 1.29 is 19.1 Å². The lowest BCUT2D eigenvalue weighted by molar-refractivity contribution is -0.124. The first kappa shape index (κ1) is 28.5. The minimum Gasteiger partial charge on any atom is -0.445 e. The summed E-state index contributed by atoms with van der Waals surface area (Å²) in [7, 11) is 0. The van der Waals surface area contributed by atoms with Crippen LogP contribution in [-0.2, 0) is 20.9 Å².